The lowest BCUT2D eigenvalue weighted by atomic mass is 9.89. The van der Waals surface area contributed by atoms with Crippen LogP contribution in [0.25, 0.3) is 0 Å². The zero-order chi connectivity index (χ0) is 57.1. The number of carbonyl (C=O) groups is 8. The van der Waals surface area contributed by atoms with Gasteiger partial charge in [-0.25, -0.2) is 4.79 Å². The minimum Gasteiger partial charge on any atom is -0.497 e. The predicted molar refractivity (Wildman–Crippen MR) is 290 cm³/mol. The maximum absolute atomic E-state index is 14.7. The minimum atomic E-state index is -1.05. The fourth-order valence-corrected chi connectivity index (χ4v) is 10.5. The molecule has 77 heavy (non-hydrogen) atoms. The monoisotopic (exact) mass is 1070 g/mol. The fraction of sp³-hybridized carbons (Fsp3) is 0.621. The van der Waals surface area contributed by atoms with Crippen molar-refractivity contribution < 1.29 is 62.0 Å². The van der Waals surface area contributed by atoms with Crippen LogP contribution in [0.1, 0.15) is 111 Å². The number of carbonyl (C=O) groups excluding carboxylic acids is 8. The van der Waals surface area contributed by atoms with E-state index >= 15 is 0 Å². The molecule has 0 bridgehead atoms. The van der Waals surface area contributed by atoms with E-state index in [0.29, 0.717) is 62.1 Å². The molecule has 2 N–H and O–H groups in total. The summed E-state index contributed by atoms with van der Waals surface area (Å²) >= 11 is 0. The first-order valence-corrected chi connectivity index (χ1v) is 27.1. The highest BCUT2D eigenvalue weighted by Gasteiger charge is 2.44. The van der Waals surface area contributed by atoms with Crippen LogP contribution < -0.4 is 20.1 Å². The SMILES string of the molecule is CC[C@H](C)C([C@@H](CC(=O)N1CCCC1C(OC)C(C)C(=O)N[C@@H](Cc1ccccc1)C(=O)OCc1ccc(OC)cc1OC)OC)N(C)C(=O)C(NC(=O)[C@H](C(C)C)N(C)C(=O)CCCCCN1C(=O)C=CC1=O)C(C)C. The van der Waals surface area contributed by atoms with Crippen molar-refractivity contribution in [3.05, 3.63) is 71.8 Å². The normalized spacial score (nSPS) is 17.5. The molecule has 0 saturated carbocycles. The van der Waals surface area contributed by atoms with Gasteiger partial charge in [0.05, 0.1) is 50.8 Å². The lowest BCUT2D eigenvalue weighted by molar-refractivity contribution is -0.151. The van der Waals surface area contributed by atoms with Crippen molar-refractivity contribution in [2.24, 2.45) is 23.7 Å². The molecule has 4 rings (SSSR count). The summed E-state index contributed by atoms with van der Waals surface area (Å²) in [5.41, 5.74) is 1.42. The molecule has 2 heterocycles. The number of rotatable bonds is 31. The number of nitrogens with zero attached hydrogens (tertiary/aromatic N) is 4. The molecule has 9 atom stereocenters. The van der Waals surface area contributed by atoms with E-state index < -0.39 is 66.1 Å². The highest BCUT2D eigenvalue weighted by atomic mass is 16.5. The van der Waals surface area contributed by atoms with Crippen molar-refractivity contribution >= 4 is 47.3 Å². The van der Waals surface area contributed by atoms with Crippen LogP contribution in [-0.4, -0.2) is 165 Å². The van der Waals surface area contributed by atoms with Gasteiger partial charge in [-0.2, -0.15) is 0 Å². The zero-order valence-corrected chi connectivity index (χ0v) is 47.7. The molecular formula is C58H86N6O13. The number of benzene rings is 2. The van der Waals surface area contributed by atoms with Gasteiger partial charge in [0.1, 0.15) is 36.2 Å². The molecule has 7 amide bonds. The Balaban J connectivity index is 1.45. The van der Waals surface area contributed by atoms with Gasteiger partial charge >= 0.3 is 5.97 Å². The van der Waals surface area contributed by atoms with Gasteiger partial charge in [-0.1, -0.05) is 91.6 Å². The molecule has 19 nitrogen and oxygen atoms in total. The summed E-state index contributed by atoms with van der Waals surface area (Å²) in [4.78, 5) is 115. The molecule has 5 unspecified atom stereocenters. The molecule has 1 fully saturated rings. The number of ether oxygens (including phenoxy) is 5. The standard InChI is InChI=1S/C58H86N6O13/c1-14-38(6)53(62(9)57(71)51(36(2)3)60-56(70)52(37(4)5)61(8)47(65)25-19-16-20-30-64-48(66)28-29-49(64)67)46(75-12)34-50(68)63-31-21-24-44(63)54(76-13)39(7)55(69)59-43(32-40-22-17-15-18-23-40)58(72)77-35-41-26-27-42(73-10)33-45(41)74-11/h15,17-18,22-23,26-29,33,36-39,43-44,46,51-54H,14,16,19-21,24-25,30-32,34-35H2,1-13H3,(H,59,69)(H,60,70)/t38-,39?,43-,44?,46+,51?,52-,53?,54?/m0/s1. The fourth-order valence-electron chi connectivity index (χ4n) is 10.5. The lowest BCUT2D eigenvalue weighted by Gasteiger charge is -2.41. The first-order chi connectivity index (χ1) is 36.6. The molecular weight excluding hydrogens is 989 g/mol. The molecule has 0 aliphatic carbocycles. The zero-order valence-electron chi connectivity index (χ0n) is 47.7. The van der Waals surface area contributed by atoms with Crippen LogP contribution in [0.15, 0.2) is 60.7 Å². The Morgan fingerprint density at radius 3 is 2.04 bits per heavy atom. The van der Waals surface area contributed by atoms with Gasteiger partial charge in [-0.15, -0.1) is 0 Å². The molecule has 0 aromatic heterocycles. The summed E-state index contributed by atoms with van der Waals surface area (Å²) < 4.78 is 28.7. The third kappa shape index (κ3) is 17.1. The molecule has 0 radical (unpaired) electrons. The van der Waals surface area contributed by atoms with Crippen LogP contribution in [0.3, 0.4) is 0 Å². The average Bonchev–Trinajstić information content (AvgIpc) is 4.04. The van der Waals surface area contributed by atoms with E-state index in [4.69, 9.17) is 23.7 Å². The third-order valence-corrected chi connectivity index (χ3v) is 15.1. The molecule has 2 aromatic carbocycles. The number of methoxy groups -OCH3 is 4. The van der Waals surface area contributed by atoms with E-state index in [1.54, 1.807) is 56.1 Å². The highest BCUT2D eigenvalue weighted by Crippen LogP contribution is 2.31. The number of esters is 1. The minimum absolute atomic E-state index is 0.0899. The molecule has 426 valence electrons. The third-order valence-electron chi connectivity index (χ3n) is 15.1. The van der Waals surface area contributed by atoms with E-state index in [-0.39, 0.29) is 79.7 Å². The van der Waals surface area contributed by atoms with E-state index in [9.17, 15) is 38.4 Å². The molecule has 2 aliphatic rings. The molecule has 2 aliphatic heterocycles. The largest absolute Gasteiger partial charge is 0.497 e. The van der Waals surface area contributed by atoms with Crippen LogP contribution >= 0.6 is 0 Å². The summed E-state index contributed by atoms with van der Waals surface area (Å²) in [6.45, 7) is 13.6. The van der Waals surface area contributed by atoms with Crippen LogP contribution in [-0.2, 0) is 65.6 Å². The number of hydrogen-bond donors (Lipinski definition) is 2. The van der Waals surface area contributed by atoms with Crippen LogP contribution in [0.4, 0.5) is 0 Å². The van der Waals surface area contributed by atoms with Gasteiger partial charge in [0.2, 0.25) is 29.5 Å². The maximum Gasteiger partial charge on any atom is 0.329 e. The second-order valence-electron chi connectivity index (χ2n) is 21.0. The smallest absolute Gasteiger partial charge is 0.329 e. The lowest BCUT2D eigenvalue weighted by Crippen LogP contribution is -2.60. The number of amides is 7. The number of nitrogens with one attached hydrogen (secondary N) is 2. The first-order valence-electron chi connectivity index (χ1n) is 27.1. The average molecular weight is 1080 g/mol. The molecule has 1 saturated heterocycles. The summed E-state index contributed by atoms with van der Waals surface area (Å²) in [6, 6.07) is 10.5. The van der Waals surface area contributed by atoms with Gasteiger partial charge in [0.25, 0.3) is 11.8 Å². The van der Waals surface area contributed by atoms with Crippen LogP contribution in [0.5, 0.6) is 11.5 Å². The Hall–Kier alpha value is -6.34. The van der Waals surface area contributed by atoms with Gasteiger partial charge in [-0.3, -0.25) is 38.5 Å². The van der Waals surface area contributed by atoms with E-state index in [1.165, 1.54) is 43.3 Å². The Morgan fingerprint density at radius 2 is 1.45 bits per heavy atom. The number of imide groups is 1. The van der Waals surface area contributed by atoms with Crippen molar-refractivity contribution in [3.8, 4) is 11.5 Å². The Morgan fingerprint density at radius 1 is 0.779 bits per heavy atom. The van der Waals surface area contributed by atoms with Crippen LogP contribution in [0.2, 0.25) is 0 Å². The van der Waals surface area contributed by atoms with Gasteiger partial charge in [0.15, 0.2) is 0 Å². The van der Waals surface area contributed by atoms with Gasteiger partial charge < -0.3 is 49.0 Å². The molecule has 19 heteroatoms. The first kappa shape index (κ1) is 63.2. The number of unbranched alkanes of at least 4 members (excludes halogenated alkanes) is 2. The Kier molecular flexibility index (Phi) is 25.1. The number of likely N-dealkylation sites (N-methyl/N-ethyl adjacent to an activating group) is 2. The second-order valence-corrected chi connectivity index (χ2v) is 21.0. The van der Waals surface area contributed by atoms with Crippen molar-refractivity contribution in [2.75, 3.05) is 55.6 Å². The van der Waals surface area contributed by atoms with Gasteiger partial charge in [-0.05, 0) is 61.1 Å². The summed E-state index contributed by atoms with van der Waals surface area (Å²) in [5, 5.41) is 5.92. The topological polar surface area (TPSA) is 220 Å². The van der Waals surface area contributed by atoms with Crippen molar-refractivity contribution in [1.29, 1.82) is 0 Å². The predicted octanol–water partition coefficient (Wildman–Crippen LogP) is 5.50. The van der Waals surface area contributed by atoms with Crippen molar-refractivity contribution in [3.63, 3.8) is 0 Å². The Labute approximate surface area is 456 Å². The van der Waals surface area contributed by atoms with E-state index in [2.05, 4.69) is 10.6 Å². The van der Waals surface area contributed by atoms with Crippen LogP contribution in [0, 0.1) is 23.7 Å². The summed E-state index contributed by atoms with van der Waals surface area (Å²) in [6.07, 6.45) is 4.70. The maximum atomic E-state index is 14.7. The molecule has 0 spiro atoms. The number of hydrogen-bond acceptors (Lipinski definition) is 13. The van der Waals surface area contributed by atoms with Gasteiger partial charge in [0, 0.05) is 78.0 Å². The molecule has 2 aromatic rings. The number of likely N-dealkylation sites (tertiary alicyclic amines) is 1. The Bertz CT molecular complexity index is 2330. The van der Waals surface area contributed by atoms with Crippen molar-refractivity contribution in [1.82, 2.24) is 30.2 Å². The van der Waals surface area contributed by atoms with E-state index in [0.717, 1.165) is 5.56 Å². The summed E-state index contributed by atoms with van der Waals surface area (Å²) in [5.74, 6) is -3.67. The summed E-state index contributed by atoms with van der Waals surface area (Å²) in [7, 11) is 9.31. The quantitative estimate of drug-likeness (QED) is 0.0542. The highest BCUT2D eigenvalue weighted by molar-refractivity contribution is 6.12. The van der Waals surface area contributed by atoms with Crippen molar-refractivity contribution in [2.45, 2.75) is 155 Å². The second kappa shape index (κ2) is 30.6. The van der Waals surface area contributed by atoms with E-state index in [1.807, 2.05) is 71.9 Å².